The molecular weight excluding hydrogens is 332 g/mol. The maximum absolute atomic E-state index is 12.5. The lowest BCUT2D eigenvalue weighted by Crippen LogP contribution is -2.31. The molecule has 0 bridgehead atoms. The summed E-state index contributed by atoms with van der Waals surface area (Å²) in [5.41, 5.74) is 1.11. The van der Waals surface area contributed by atoms with Crippen LogP contribution >= 0.6 is 0 Å². The Bertz CT molecular complexity index is 762. The molecule has 0 aliphatic carbocycles. The van der Waals surface area contributed by atoms with Crippen LogP contribution in [-0.4, -0.2) is 55.5 Å². The molecule has 7 heteroatoms. The van der Waals surface area contributed by atoms with Gasteiger partial charge in [0.15, 0.2) is 0 Å². The Morgan fingerprint density at radius 3 is 2.65 bits per heavy atom. The van der Waals surface area contributed by atoms with E-state index in [1.165, 1.54) is 12.3 Å². The smallest absolute Gasteiger partial charge is 0.274 e. The maximum atomic E-state index is 12.5. The van der Waals surface area contributed by atoms with E-state index < -0.39 is 5.91 Å². The second kappa shape index (κ2) is 9.53. The number of nitrogens with zero attached hydrogens (tertiary/aromatic N) is 2. The van der Waals surface area contributed by atoms with Gasteiger partial charge in [-0.3, -0.25) is 14.6 Å². The largest absolute Gasteiger partial charge is 0.492 e. The first kappa shape index (κ1) is 19.4. The van der Waals surface area contributed by atoms with Gasteiger partial charge in [-0.25, -0.2) is 0 Å². The molecule has 0 atom stereocenters. The van der Waals surface area contributed by atoms with Crippen molar-refractivity contribution in [2.45, 2.75) is 6.92 Å². The molecular formula is C19H24N4O3. The number of anilines is 1. The van der Waals surface area contributed by atoms with Crippen LogP contribution in [0.25, 0.3) is 0 Å². The number of pyridine rings is 1. The van der Waals surface area contributed by atoms with E-state index in [0.717, 1.165) is 6.54 Å². The van der Waals surface area contributed by atoms with Crippen LogP contribution in [0.5, 0.6) is 5.75 Å². The van der Waals surface area contributed by atoms with Crippen LogP contribution in [-0.2, 0) is 0 Å². The molecule has 0 radical (unpaired) electrons. The molecule has 26 heavy (non-hydrogen) atoms. The van der Waals surface area contributed by atoms with Crippen molar-refractivity contribution in [2.75, 3.05) is 39.1 Å². The molecule has 0 saturated heterocycles. The van der Waals surface area contributed by atoms with Crippen molar-refractivity contribution in [2.24, 2.45) is 0 Å². The van der Waals surface area contributed by atoms with Gasteiger partial charge in [0.1, 0.15) is 11.4 Å². The molecule has 0 spiro atoms. The van der Waals surface area contributed by atoms with Gasteiger partial charge in [0.05, 0.1) is 12.3 Å². The summed E-state index contributed by atoms with van der Waals surface area (Å²) in [6, 6.07) is 10.2. The number of carbonyl (C=O) groups excluding carboxylic acids is 2. The highest BCUT2D eigenvalue weighted by Gasteiger charge is 2.13. The number of benzene rings is 1. The standard InChI is InChI=1S/C19H24N4O3/c1-4-26-17-8-6-5-7-15(17)22-19(25)16-13-14(9-10-20-16)18(24)21-11-12-23(2)3/h5-10,13H,4,11-12H2,1-3H3,(H,21,24)(H,22,25). The minimum Gasteiger partial charge on any atom is -0.492 e. The molecule has 2 aromatic rings. The van der Waals surface area contributed by atoms with E-state index in [1.807, 2.05) is 32.0 Å². The monoisotopic (exact) mass is 356 g/mol. The van der Waals surface area contributed by atoms with E-state index in [-0.39, 0.29) is 11.6 Å². The van der Waals surface area contributed by atoms with E-state index in [9.17, 15) is 9.59 Å². The Balaban J connectivity index is 2.07. The van der Waals surface area contributed by atoms with Gasteiger partial charge in [-0.15, -0.1) is 0 Å². The molecule has 7 nitrogen and oxygen atoms in total. The zero-order valence-corrected chi connectivity index (χ0v) is 15.3. The number of carbonyl (C=O) groups is 2. The molecule has 0 aliphatic heterocycles. The maximum Gasteiger partial charge on any atom is 0.274 e. The fraction of sp³-hybridized carbons (Fsp3) is 0.316. The second-order valence-electron chi connectivity index (χ2n) is 5.87. The van der Waals surface area contributed by atoms with Crippen molar-refractivity contribution in [3.05, 3.63) is 53.9 Å². The number of nitrogens with one attached hydrogen (secondary N) is 2. The number of amides is 2. The molecule has 1 aromatic heterocycles. The quantitative estimate of drug-likeness (QED) is 0.756. The van der Waals surface area contributed by atoms with Gasteiger partial charge in [-0.2, -0.15) is 0 Å². The Hall–Kier alpha value is -2.93. The Morgan fingerprint density at radius 2 is 1.92 bits per heavy atom. The molecule has 0 unspecified atom stereocenters. The van der Waals surface area contributed by atoms with Crippen molar-refractivity contribution < 1.29 is 14.3 Å². The van der Waals surface area contributed by atoms with Gasteiger partial charge in [0, 0.05) is 24.8 Å². The van der Waals surface area contributed by atoms with Crippen molar-refractivity contribution >= 4 is 17.5 Å². The number of ether oxygens (including phenoxy) is 1. The van der Waals surface area contributed by atoms with E-state index in [0.29, 0.717) is 30.2 Å². The highest BCUT2D eigenvalue weighted by atomic mass is 16.5. The van der Waals surface area contributed by atoms with Crippen LogP contribution in [0.4, 0.5) is 5.69 Å². The Morgan fingerprint density at radius 1 is 1.15 bits per heavy atom. The highest BCUT2D eigenvalue weighted by molar-refractivity contribution is 6.05. The molecule has 2 N–H and O–H groups in total. The normalized spacial score (nSPS) is 10.5. The number of para-hydroxylation sites is 2. The SMILES string of the molecule is CCOc1ccccc1NC(=O)c1cc(C(=O)NCCN(C)C)ccn1. The summed E-state index contributed by atoms with van der Waals surface area (Å²) < 4.78 is 5.50. The lowest BCUT2D eigenvalue weighted by molar-refractivity contribution is 0.0951. The molecule has 138 valence electrons. The van der Waals surface area contributed by atoms with E-state index in [2.05, 4.69) is 15.6 Å². The number of hydrogen-bond donors (Lipinski definition) is 2. The third-order valence-corrected chi connectivity index (χ3v) is 3.53. The van der Waals surface area contributed by atoms with E-state index in [4.69, 9.17) is 4.74 Å². The number of aromatic nitrogens is 1. The molecule has 2 rings (SSSR count). The lowest BCUT2D eigenvalue weighted by atomic mass is 10.2. The summed E-state index contributed by atoms with van der Waals surface area (Å²) >= 11 is 0. The van der Waals surface area contributed by atoms with E-state index >= 15 is 0 Å². The third-order valence-electron chi connectivity index (χ3n) is 3.53. The molecule has 2 amide bonds. The predicted octanol–water partition coefficient (Wildman–Crippen LogP) is 2.02. The summed E-state index contributed by atoms with van der Waals surface area (Å²) in [6.45, 7) is 3.63. The Kier molecular flexibility index (Phi) is 7.11. The van der Waals surface area contributed by atoms with Gasteiger partial charge in [0.2, 0.25) is 0 Å². The average molecular weight is 356 g/mol. The Labute approximate surface area is 153 Å². The summed E-state index contributed by atoms with van der Waals surface area (Å²) in [5, 5.41) is 5.58. The second-order valence-corrected chi connectivity index (χ2v) is 5.87. The molecule has 0 fully saturated rings. The van der Waals surface area contributed by atoms with Crippen molar-refractivity contribution in [1.82, 2.24) is 15.2 Å². The summed E-state index contributed by atoms with van der Waals surface area (Å²) in [7, 11) is 3.86. The van der Waals surface area contributed by atoms with Crippen LogP contribution in [0.15, 0.2) is 42.6 Å². The van der Waals surface area contributed by atoms with Gasteiger partial charge >= 0.3 is 0 Å². The summed E-state index contributed by atoms with van der Waals surface area (Å²) in [5.74, 6) is -0.0564. The van der Waals surface area contributed by atoms with Gasteiger partial charge < -0.3 is 20.3 Å². The van der Waals surface area contributed by atoms with Crippen molar-refractivity contribution in [1.29, 1.82) is 0 Å². The molecule has 0 saturated carbocycles. The van der Waals surface area contributed by atoms with Gasteiger partial charge in [0.25, 0.3) is 11.8 Å². The van der Waals surface area contributed by atoms with Crippen LogP contribution < -0.4 is 15.4 Å². The zero-order valence-electron chi connectivity index (χ0n) is 15.3. The third kappa shape index (κ3) is 5.56. The molecule has 1 heterocycles. The van der Waals surface area contributed by atoms with Crippen LogP contribution in [0, 0.1) is 0 Å². The van der Waals surface area contributed by atoms with Crippen molar-refractivity contribution in [3.8, 4) is 5.75 Å². The first-order chi connectivity index (χ1) is 12.5. The molecule has 1 aromatic carbocycles. The van der Waals surface area contributed by atoms with Crippen LogP contribution in [0.2, 0.25) is 0 Å². The minimum atomic E-state index is -0.403. The molecule has 0 aliphatic rings. The van der Waals surface area contributed by atoms with E-state index in [1.54, 1.807) is 24.3 Å². The van der Waals surface area contributed by atoms with Crippen LogP contribution in [0.1, 0.15) is 27.8 Å². The number of rotatable bonds is 8. The zero-order chi connectivity index (χ0) is 18.9. The van der Waals surface area contributed by atoms with Crippen LogP contribution in [0.3, 0.4) is 0 Å². The fourth-order valence-corrected chi connectivity index (χ4v) is 2.23. The predicted molar refractivity (Wildman–Crippen MR) is 101 cm³/mol. The number of likely N-dealkylation sites (N-methyl/N-ethyl adjacent to an activating group) is 1. The average Bonchev–Trinajstić information content (AvgIpc) is 2.63. The topological polar surface area (TPSA) is 83.6 Å². The first-order valence-electron chi connectivity index (χ1n) is 8.43. The first-order valence-corrected chi connectivity index (χ1v) is 8.43. The van der Waals surface area contributed by atoms with Gasteiger partial charge in [-0.1, -0.05) is 12.1 Å². The number of hydrogen-bond acceptors (Lipinski definition) is 5. The highest BCUT2D eigenvalue weighted by Crippen LogP contribution is 2.24. The van der Waals surface area contributed by atoms with Gasteiger partial charge in [-0.05, 0) is 45.3 Å². The summed E-state index contributed by atoms with van der Waals surface area (Å²) in [6.07, 6.45) is 1.45. The lowest BCUT2D eigenvalue weighted by Gasteiger charge is -2.12. The minimum absolute atomic E-state index is 0.163. The van der Waals surface area contributed by atoms with Crippen molar-refractivity contribution in [3.63, 3.8) is 0 Å². The summed E-state index contributed by atoms with van der Waals surface area (Å²) in [4.78, 5) is 30.7. The fourth-order valence-electron chi connectivity index (χ4n) is 2.23.